The van der Waals surface area contributed by atoms with Crippen molar-refractivity contribution >= 4 is 5.78 Å². The summed E-state index contributed by atoms with van der Waals surface area (Å²) in [5.41, 5.74) is 0.130. The summed E-state index contributed by atoms with van der Waals surface area (Å²) in [6.07, 6.45) is -0.191. The van der Waals surface area contributed by atoms with Crippen LogP contribution in [0.3, 0.4) is 0 Å². The Hall–Kier alpha value is -2.00. The summed E-state index contributed by atoms with van der Waals surface area (Å²) in [4.78, 5) is 12.8. The van der Waals surface area contributed by atoms with Gasteiger partial charge in [0.25, 0.3) is 0 Å². The lowest BCUT2D eigenvalue weighted by Crippen LogP contribution is -2.25. The summed E-state index contributed by atoms with van der Waals surface area (Å²) in [6.45, 7) is 0.0879. The molecule has 6 heteroatoms. The van der Waals surface area contributed by atoms with Gasteiger partial charge in [0.2, 0.25) is 0 Å². The standard InChI is InChI=1S/C13H14F2N2O2/c1-17(8-10(18)3-4-16)7-9-5-12(15)13(19-2)6-11(9)14/h5-6H,3,7-8H2,1-2H3. The normalized spacial score (nSPS) is 10.3. The van der Waals surface area contributed by atoms with Gasteiger partial charge >= 0.3 is 0 Å². The fourth-order valence-corrected chi connectivity index (χ4v) is 1.64. The molecule has 19 heavy (non-hydrogen) atoms. The van der Waals surface area contributed by atoms with E-state index in [9.17, 15) is 13.6 Å². The van der Waals surface area contributed by atoms with Gasteiger partial charge in [0.15, 0.2) is 17.3 Å². The zero-order chi connectivity index (χ0) is 14.4. The third-order valence-corrected chi connectivity index (χ3v) is 2.48. The first-order valence-corrected chi connectivity index (χ1v) is 5.57. The summed E-state index contributed by atoms with van der Waals surface area (Å²) in [5, 5.41) is 8.36. The number of hydrogen-bond donors (Lipinski definition) is 0. The average Bonchev–Trinajstić information content (AvgIpc) is 2.33. The number of ether oxygens (including phenoxy) is 1. The summed E-state index contributed by atoms with van der Waals surface area (Å²) in [5.74, 6) is -1.68. The lowest BCUT2D eigenvalue weighted by atomic mass is 10.1. The van der Waals surface area contributed by atoms with Gasteiger partial charge in [-0.1, -0.05) is 0 Å². The summed E-state index contributed by atoms with van der Waals surface area (Å²) >= 11 is 0. The molecule has 0 atom stereocenters. The Kier molecular flexibility index (Phi) is 5.39. The van der Waals surface area contributed by atoms with E-state index >= 15 is 0 Å². The molecule has 102 valence electrons. The molecule has 0 radical (unpaired) electrons. The first kappa shape index (κ1) is 15.1. The molecule has 0 bridgehead atoms. The minimum Gasteiger partial charge on any atom is -0.494 e. The van der Waals surface area contributed by atoms with Crippen molar-refractivity contribution in [2.75, 3.05) is 20.7 Å². The molecule has 1 rings (SSSR count). The minimum absolute atomic E-state index is 0.0145. The van der Waals surface area contributed by atoms with Crippen molar-refractivity contribution in [3.8, 4) is 11.8 Å². The molecular formula is C13H14F2N2O2. The van der Waals surface area contributed by atoms with Crippen LogP contribution in [-0.2, 0) is 11.3 Å². The summed E-state index contributed by atoms with van der Waals surface area (Å²) in [7, 11) is 2.85. The minimum atomic E-state index is -0.657. The number of methoxy groups -OCH3 is 1. The third kappa shape index (κ3) is 4.30. The van der Waals surface area contributed by atoms with Crippen LogP contribution in [-0.4, -0.2) is 31.4 Å². The molecular weight excluding hydrogens is 254 g/mol. The first-order chi connectivity index (χ1) is 8.97. The number of hydrogen-bond acceptors (Lipinski definition) is 4. The van der Waals surface area contributed by atoms with Crippen molar-refractivity contribution in [2.45, 2.75) is 13.0 Å². The average molecular weight is 268 g/mol. The molecule has 0 amide bonds. The maximum Gasteiger partial charge on any atom is 0.165 e. The Balaban J connectivity index is 2.75. The molecule has 0 aliphatic heterocycles. The molecule has 0 aliphatic rings. The number of nitrogens with zero attached hydrogens (tertiary/aromatic N) is 2. The highest BCUT2D eigenvalue weighted by Gasteiger charge is 2.13. The van der Waals surface area contributed by atoms with Gasteiger partial charge in [0.05, 0.1) is 26.1 Å². The fraction of sp³-hybridized carbons (Fsp3) is 0.385. The topological polar surface area (TPSA) is 53.3 Å². The monoisotopic (exact) mass is 268 g/mol. The van der Waals surface area contributed by atoms with E-state index in [2.05, 4.69) is 4.74 Å². The largest absolute Gasteiger partial charge is 0.494 e. The van der Waals surface area contributed by atoms with E-state index in [0.29, 0.717) is 0 Å². The van der Waals surface area contributed by atoms with Gasteiger partial charge in [-0.25, -0.2) is 8.78 Å². The lowest BCUT2D eigenvalue weighted by molar-refractivity contribution is -0.119. The van der Waals surface area contributed by atoms with Crippen LogP contribution in [0, 0.1) is 23.0 Å². The Morgan fingerprint density at radius 3 is 2.68 bits per heavy atom. The van der Waals surface area contributed by atoms with Crippen LogP contribution in [0.5, 0.6) is 5.75 Å². The van der Waals surface area contributed by atoms with Gasteiger partial charge < -0.3 is 4.74 Å². The second-order valence-electron chi connectivity index (χ2n) is 4.12. The van der Waals surface area contributed by atoms with Crippen molar-refractivity contribution in [3.63, 3.8) is 0 Å². The van der Waals surface area contributed by atoms with Crippen molar-refractivity contribution in [2.24, 2.45) is 0 Å². The van der Waals surface area contributed by atoms with Gasteiger partial charge in [0, 0.05) is 18.2 Å². The second kappa shape index (κ2) is 6.81. The van der Waals surface area contributed by atoms with Crippen LogP contribution >= 0.6 is 0 Å². The van der Waals surface area contributed by atoms with E-state index < -0.39 is 11.6 Å². The van der Waals surface area contributed by atoms with E-state index in [1.165, 1.54) is 12.0 Å². The second-order valence-corrected chi connectivity index (χ2v) is 4.12. The predicted octanol–water partition coefficient (Wildman–Crippen LogP) is 1.89. The number of benzene rings is 1. The van der Waals surface area contributed by atoms with E-state index in [1.807, 2.05) is 0 Å². The van der Waals surface area contributed by atoms with Crippen molar-refractivity contribution < 1.29 is 18.3 Å². The molecule has 0 saturated carbocycles. The van der Waals surface area contributed by atoms with Crippen LogP contribution in [0.15, 0.2) is 12.1 Å². The fourth-order valence-electron chi connectivity index (χ4n) is 1.64. The van der Waals surface area contributed by atoms with Crippen LogP contribution in [0.2, 0.25) is 0 Å². The van der Waals surface area contributed by atoms with Gasteiger partial charge in [-0.3, -0.25) is 9.69 Å². The zero-order valence-electron chi connectivity index (χ0n) is 10.7. The molecule has 4 nitrogen and oxygen atoms in total. The molecule has 0 spiro atoms. The Morgan fingerprint density at radius 1 is 1.42 bits per heavy atom. The predicted molar refractivity (Wildman–Crippen MR) is 64.5 cm³/mol. The number of carbonyl (C=O) groups excluding carboxylic acids is 1. The number of ketones is 1. The van der Waals surface area contributed by atoms with E-state index in [0.717, 1.165) is 12.1 Å². The first-order valence-electron chi connectivity index (χ1n) is 5.57. The highest BCUT2D eigenvalue weighted by atomic mass is 19.1. The van der Waals surface area contributed by atoms with Crippen LogP contribution in [0.4, 0.5) is 8.78 Å². The molecule has 1 aromatic rings. The number of halogens is 2. The molecule has 0 saturated heterocycles. The summed E-state index contributed by atoms with van der Waals surface area (Å²) in [6, 6.07) is 3.75. The number of carbonyl (C=O) groups is 1. The van der Waals surface area contributed by atoms with E-state index in [1.54, 1.807) is 13.1 Å². The SMILES string of the molecule is COc1cc(F)c(CN(C)CC(=O)CC#N)cc1F. The smallest absolute Gasteiger partial charge is 0.165 e. The van der Waals surface area contributed by atoms with Gasteiger partial charge in [-0.2, -0.15) is 5.26 Å². The van der Waals surface area contributed by atoms with Crippen LogP contribution in [0.1, 0.15) is 12.0 Å². The summed E-state index contributed by atoms with van der Waals surface area (Å²) < 4.78 is 31.8. The number of likely N-dealkylation sites (N-methyl/N-ethyl adjacent to an activating group) is 1. The molecule has 0 unspecified atom stereocenters. The number of nitriles is 1. The Morgan fingerprint density at radius 2 is 2.11 bits per heavy atom. The van der Waals surface area contributed by atoms with Crippen molar-refractivity contribution in [1.29, 1.82) is 5.26 Å². The van der Waals surface area contributed by atoms with Gasteiger partial charge in [0.1, 0.15) is 5.82 Å². The number of rotatable bonds is 6. The molecule has 1 aromatic carbocycles. The Labute approximate surface area is 110 Å². The lowest BCUT2D eigenvalue weighted by Gasteiger charge is -2.16. The maximum atomic E-state index is 13.7. The molecule has 0 aromatic heterocycles. The third-order valence-electron chi connectivity index (χ3n) is 2.48. The highest BCUT2D eigenvalue weighted by molar-refractivity contribution is 5.82. The van der Waals surface area contributed by atoms with Crippen LogP contribution in [0.25, 0.3) is 0 Å². The quantitative estimate of drug-likeness (QED) is 0.790. The molecule has 0 N–H and O–H groups in total. The van der Waals surface area contributed by atoms with E-state index in [4.69, 9.17) is 5.26 Å². The zero-order valence-corrected chi connectivity index (χ0v) is 10.7. The Bertz CT molecular complexity index is 512. The molecule has 0 heterocycles. The van der Waals surface area contributed by atoms with Gasteiger partial charge in [-0.05, 0) is 13.1 Å². The van der Waals surface area contributed by atoms with E-state index in [-0.39, 0.29) is 36.6 Å². The number of Topliss-reactive ketones (excluding diaryl/α,β-unsaturated/α-hetero) is 1. The highest BCUT2D eigenvalue weighted by Crippen LogP contribution is 2.21. The molecule has 0 aliphatic carbocycles. The van der Waals surface area contributed by atoms with Crippen LogP contribution < -0.4 is 4.74 Å². The van der Waals surface area contributed by atoms with Crippen molar-refractivity contribution in [1.82, 2.24) is 4.90 Å². The van der Waals surface area contributed by atoms with Crippen molar-refractivity contribution in [3.05, 3.63) is 29.3 Å². The van der Waals surface area contributed by atoms with Gasteiger partial charge in [-0.15, -0.1) is 0 Å². The molecule has 0 fully saturated rings. The maximum absolute atomic E-state index is 13.7.